The van der Waals surface area contributed by atoms with Crippen LogP contribution >= 0.6 is 0 Å². The van der Waals surface area contributed by atoms with E-state index >= 15 is 0 Å². The zero-order valence-electron chi connectivity index (χ0n) is 21.1. The van der Waals surface area contributed by atoms with Gasteiger partial charge >= 0.3 is 0 Å². The van der Waals surface area contributed by atoms with Gasteiger partial charge in [0.1, 0.15) is 0 Å². The minimum atomic E-state index is -3.12. The molecule has 0 aromatic carbocycles. The molecule has 2 atom stereocenters. The first-order valence-electron chi connectivity index (χ1n) is 12.1. The molecule has 0 radical (unpaired) electrons. The van der Waals surface area contributed by atoms with E-state index in [-0.39, 0.29) is 16.2 Å². The van der Waals surface area contributed by atoms with Crippen molar-refractivity contribution in [2.24, 2.45) is 5.41 Å². The Hall–Kier alpha value is -0.0900. The largest absolute Gasteiger partial charge is 0.295 e. The quantitative estimate of drug-likeness (QED) is 0.472. The maximum absolute atomic E-state index is 12.9. The summed E-state index contributed by atoms with van der Waals surface area (Å²) in [5.74, 6) is 0. The lowest BCUT2D eigenvalue weighted by Crippen LogP contribution is -2.55. The first kappa shape index (κ1) is 26.9. The second-order valence-electron chi connectivity index (χ2n) is 12.2. The van der Waals surface area contributed by atoms with Crippen LogP contribution in [-0.4, -0.2) is 41.4 Å². The highest BCUT2D eigenvalue weighted by Crippen LogP contribution is 2.37. The third kappa shape index (κ3) is 7.83. The van der Waals surface area contributed by atoms with Crippen molar-refractivity contribution in [3.05, 3.63) is 0 Å². The van der Waals surface area contributed by atoms with E-state index in [4.69, 9.17) is 0 Å². The molecule has 2 unspecified atom stereocenters. The van der Waals surface area contributed by atoms with Crippen LogP contribution in [-0.2, 0) is 9.84 Å². The van der Waals surface area contributed by atoms with Gasteiger partial charge in [0.15, 0.2) is 9.84 Å². The zero-order valence-corrected chi connectivity index (χ0v) is 21.9. The van der Waals surface area contributed by atoms with Crippen LogP contribution in [0.3, 0.4) is 0 Å². The van der Waals surface area contributed by atoms with Crippen molar-refractivity contribution >= 4 is 9.84 Å². The summed E-state index contributed by atoms with van der Waals surface area (Å²) in [5.41, 5.74) is 0.238. The highest BCUT2D eigenvalue weighted by molar-refractivity contribution is 7.93. The third-order valence-corrected chi connectivity index (χ3v) is 10.1. The number of sulfone groups is 1. The highest BCUT2D eigenvalue weighted by atomic mass is 32.2. The summed E-state index contributed by atoms with van der Waals surface area (Å²) in [6, 6.07) is 0.546. The molecule has 1 rings (SSSR count). The van der Waals surface area contributed by atoms with E-state index in [0.29, 0.717) is 6.04 Å². The van der Waals surface area contributed by atoms with Crippen molar-refractivity contribution in [3.8, 4) is 0 Å². The number of rotatable bonds is 5. The molecule has 0 aromatic heterocycles. The summed E-state index contributed by atoms with van der Waals surface area (Å²) >= 11 is 0. The van der Waals surface area contributed by atoms with Crippen LogP contribution in [0.5, 0.6) is 0 Å². The lowest BCUT2D eigenvalue weighted by molar-refractivity contribution is 0.000444. The standard InChI is InChI=1S/C25H51NO2S/c1-21(29(27,28)24(5,6)7)18-19-25(8,9)26-20-16-14-12-10-11-13-15-17-22(26)23(2,3)4/h21-22H,10-20H2,1-9H3. The van der Waals surface area contributed by atoms with E-state index in [1.165, 1.54) is 51.4 Å². The van der Waals surface area contributed by atoms with Gasteiger partial charge < -0.3 is 0 Å². The highest BCUT2D eigenvalue weighted by Gasteiger charge is 2.40. The van der Waals surface area contributed by atoms with Crippen LogP contribution in [0.15, 0.2) is 0 Å². The maximum atomic E-state index is 12.9. The van der Waals surface area contributed by atoms with Gasteiger partial charge in [-0.1, -0.05) is 59.3 Å². The van der Waals surface area contributed by atoms with E-state index in [1.54, 1.807) is 0 Å². The van der Waals surface area contributed by atoms with Crippen molar-refractivity contribution in [1.29, 1.82) is 0 Å². The molecular weight excluding hydrogens is 378 g/mol. The van der Waals surface area contributed by atoms with Crippen LogP contribution in [0.4, 0.5) is 0 Å². The molecule has 1 heterocycles. The topological polar surface area (TPSA) is 37.4 Å². The first-order chi connectivity index (χ1) is 13.1. The Kier molecular flexibility index (Phi) is 9.74. The van der Waals surface area contributed by atoms with Crippen molar-refractivity contribution in [2.45, 2.75) is 148 Å². The summed E-state index contributed by atoms with van der Waals surface area (Å²) in [6.07, 6.45) is 12.3. The summed E-state index contributed by atoms with van der Waals surface area (Å²) < 4.78 is 25.1. The van der Waals surface area contributed by atoms with Gasteiger partial charge in [-0.3, -0.25) is 4.90 Å². The van der Waals surface area contributed by atoms with Crippen LogP contribution < -0.4 is 0 Å². The molecule has 1 aliphatic heterocycles. The Morgan fingerprint density at radius 3 is 1.79 bits per heavy atom. The van der Waals surface area contributed by atoms with Crippen molar-refractivity contribution in [1.82, 2.24) is 4.90 Å². The predicted octanol–water partition coefficient (Wildman–Crippen LogP) is 7.00. The average molecular weight is 430 g/mol. The van der Waals surface area contributed by atoms with Crippen LogP contribution in [0.1, 0.15) is 127 Å². The molecule has 0 spiro atoms. The molecule has 1 saturated heterocycles. The van der Waals surface area contributed by atoms with Gasteiger partial charge in [0.2, 0.25) is 0 Å². The summed E-state index contributed by atoms with van der Waals surface area (Å²) in [7, 11) is -3.12. The minimum absolute atomic E-state index is 0.00760. The molecule has 174 valence electrons. The van der Waals surface area contributed by atoms with Gasteiger partial charge in [-0.05, 0) is 79.2 Å². The monoisotopic (exact) mass is 429 g/mol. The van der Waals surface area contributed by atoms with Gasteiger partial charge in [0.25, 0.3) is 0 Å². The summed E-state index contributed by atoms with van der Waals surface area (Å²) in [6.45, 7) is 20.4. The van der Waals surface area contributed by atoms with E-state index in [9.17, 15) is 8.42 Å². The second-order valence-corrected chi connectivity index (χ2v) is 15.3. The molecule has 4 heteroatoms. The van der Waals surface area contributed by atoms with E-state index in [2.05, 4.69) is 39.5 Å². The third-order valence-electron chi connectivity index (χ3n) is 7.08. The molecule has 0 amide bonds. The minimum Gasteiger partial charge on any atom is -0.295 e. The van der Waals surface area contributed by atoms with Crippen LogP contribution in [0, 0.1) is 5.41 Å². The second kappa shape index (κ2) is 10.5. The summed E-state index contributed by atoms with van der Waals surface area (Å²) in [4.78, 5) is 2.76. The lowest BCUT2D eigenvalue weighted by Gasteiger charge is -2.49. The van der Waals surface area contributed by atoms with Gasteiger partial charge in [0.05, 0.1) is 10.00 Å². The van der Waals surface area contributed by atoms with Crippen LogP contribution in [0.2, 0.25) is 0 Å². The fourth-order valence-corrected chi connectivity index (χ4v) is 6.53. The Morgan fingerprint density at radius 2 is 1.31 bits per heavy atom. The number of hydrogen-bond donors (Lipinski definition) is 0. The van der Waals surface area contributed by atoms with Gasteiger partial charge in [-0.15, -0.1) is 0 Å². The number of nitrogens with zero attached hydrogens (tertiary/aromatic N) is 1. The fraction of sp³-hybridized carbons (Fsp3) is 1.00. The van der Waals surface area contributed by atoms with Gasteiger partial charge in [-0.2, -0.15) is 0 Å². The van der Waals surface area contributed by atoms with E-state index in [1.807, 2.05) is 27.7 Å². The Morgan fingerprint density at radius 1 is 0.828 bits per heavy atom. The van der Waals surface area contributed by atoms with Gasteiger partial charge in [-0.25, -0.2) is 8.42 Å². The Balaban J connectivity index is 3.03. The molecule has 0 N–H and O–H groups in total. The molecule has 0 bridgehead atoms. The maximum Gasteiger partial charge on any atom is 0.157 e. The molecule has 29 heavy (non-hydrogen) atoms. The lowest BCUT2D eigenvalue weighted by atomic mass is 9.79. The van der Waals surface area contributed by atoms with E-state index in [0.717, 1.165) is 19.4 Å². The smallest absolute Gasteiger partial charge is 0.157 e. The Bertz CT molecular complexity index is 581. The average Bonchev–Trinajstić information content (AvgIpc) is 2.62. The zero-order chi connectivity index (χ0) is 22.5. The number of hydrogen-bond acceptors (Lipinski definition) is 3. The molecule has 0 aliphatic carbocycles. The molecule has 1 fully saturated rings. The van der Waals surface area contributed by atoms with Crippen molar-refractivity contribution < 1.29 is 8.42 Å². The molecule has 1 aliphatic rings. The molecular formula is C25H51NO2S. The normalized spacial score (nSPS) is 23.4. The SMILES string of the molecule is CC(CCC(C)(C)N1CCCCCCCCCC1C(C)(C)C)S(=O)(=O)C(C)(C)C. The van der Waals surface area contributed by atoms with Crippen molar-refractivity contribution in [3.63, 3.8) is 0 Å². The van der Waals surface area contributed by atoms with E-state index < -0.39 is 14.6 Å². The van der Waals surface area contributed by atoms with Crippen molar-refractivity contribution in [2.75, 3.05) is 6.54 Å². The molecule has 3 nitrogen and oxygen atoms in total. The molecule has 0 saturated carbocycles. The first-order valence-corrected chi connectivity index (χ1v) is 13.7. The van der Waals surface area contributed by atoms with Gasteiger partial charge in [0, 0.05) is 11.6 Å². The summed E-state index contributed by atoms with van der Waals surface area (Å²) in [5, 5.41) is -0.293. The Labute approximate surface area is 183 Å². The van der Waals surface area contributed by atoms with Crippen LogP contribution in [0.25, 0.3) is 0 Å². The predicted molar refractivity (Wildman–Crippen MR) is 128 cm³/mol. The molecule has 0 aromatic rings. The fourth-order valence-electron chi connectivity index (χ4n) is 4.90.